The minimum atomic E-state index is -3.69. The van der Waals surface area contributed by atoms with Gasteiger partial charge in [-0.3, -0.25) is 9.10 Å². The minimum Gasteiger partial charge on any atom is -0.497 e. The number of hydrogen-bond acceptors (Lipinski definition) is 4. The average Bonchev–Trinajstić information content (AvgIpc) is 2.61. The van der Waals surface area contributed by atoms with E-state index < -0.39 is 16.1 Å². The Bertz CT molecular complexity index is 925. The minimum absolute atomic E-state index is 0.320. The Kier molecular flexibility index (Phi) is 6.49. The van der Waals surface area contributed by atoms with Gasteiger partial charge < -0.3 is 10.1 Å². The number of nitrogens with zero attached hydrogens (tertiary/aromatic N) is 1. The van der Waals surface area contributed by atoms with E-state index in [0.717, 1.165) is 21.7 Å². The Morgan fingerprint density at radius 1 is 1.15 bits per heavy atom. The number of nitrogens with one attached hydrogen (secondary N) is 1. The zero-order valence-electron chi connectivity index (χ0n) is 16.3. The van der Waals surface area contributed by atoms with E-state index in [1.807, 2.05) is 32.0 Å². The van der Waals surface area contributed by atoms with E-state index in [2.05, 4.69) is 5.32 Å². The van der Waals surface area contributed by atoms with Gasteiger partial charge in [0.05, 0.1) is 19.1 Å². The molecule has 2 aromatic rings. The molecule has 0 spiro atoms. The molecule has 1 amide bonds. The van der Waals surface area contributed by atoms with Gasteiger partial charge in [-0.1, -0.05) is 19.1 Å². The van der Waals surface area contributed by atoms with Gasteiger partial charge in [0.1, 0.15) is 11.8 Å². The summed E-state index contributed by atoms with van der Waals surface area (Å²) in [6.45, 7) is 5.73. The molecule has 0 fully saturated rings. The molecule has 2 rings (SSSR count). The summed E-state index contributed by atoms with van der Waals surface area (Å²) in [5.41, 5.74) is 3.20. The van der Waals surface area contributed by atoms with Crippen molar-refractivity contribution in [3.63, 3.8) is 0 Å². The molecule has 7 heteroatoms. The van der Waals surface area contributed by atoms with Crippen molar-refractivity contribution < 1.29 is 17.9 Å². The van der Waals surface area contributed by atoms with Gasteiger partial charge >= 0.3 is 0 Å². The van der Waals surface area contributed by atoms with Crippen molar-refractivity contribution in [1.29, 1.82) is 0 Å². The number of rotatable bonds is 7. The molecule has 146 valence electrons. The molecule has 0 aliphatic carbocycles. The van der Waals surface area contributed by atoms with Crippen LogP contribution in [0, 0.1) is 13.8 Å². The van der Waals surface area contributed by atoms with E-state index in [4.69, 9.17) is 4.74 Å². The normalized spacial score (nSPS) is 12.3. The van der Waals surface area contributed by atoms with Crippen LogP contribution in [-0.4, -0.2) is 33.7 Å². The third-order valence-electron chi connectivity index (χ3n) is 4.41. The van der Waals surface area contributed by atoms with Crippen molar-refractivity contribution in [2.75, 3.05) is 23.0 Å². The molecule has 0 unspecified atom stereocenters. The molecule has 0 bridgehead atoms. The number of sulfonamides is 1. The van der Waals surface area contributed by atoms with Gasteiger partial charge in [0.15, 0.2) is 0 Å². The molecule has 1 atom stereocenters. The zero-order chi connectivity index (χ0) is 20.2. The van der Waals surface area contributed by atoms with Crippen LogP contribution in [0.25, 0.3) is 0 Å². The van der Waals surface area contributed by atoms with Crippen LogP contribution in [0.15, 0.2) is 42.5 Å². The third kappa shape index (κ3) is 5.01. The number of carbonyl (C=O) groups is 1. The summed E-state index contributed by atoms with van der Waals surface area (Å²) < 4.78 is 31.3. The maximum Gasteiger partial charge on any atom is 0.248 e. The monoisotopic (exact) mass is 390 g/mol. The first kappa shape index (κ1) is 20.8. The van der Waals surface area contributed by atoms with Crippen LogP contribution < -0.4 is 14.4 Å². The second-order valence-electron chi connectivity index (χ2n) is 6.47. The fraction of sp³-hybridized carbons (Fsp3) is 0.350. The number of aryl methyl sites for hydroxylation is 2. The molecule has 0 radical (unpaired) electrons. The molecular formula is C20H26N2O4S. The smallest absolute Gasteiger partial charge is 0.248 e. The number of amides is 1. The van der Waals surface area contributed by atoms with Crippen LogP contribution in [0.4, 0.5) is 11.4 Å². The first-order valence-electron chi connectivity index (χ1n) is 8.69. The molecule has 6 nitrogen and oxygen atoms in total. The highest BCUT2D eigenvalue weighted by Crippen LogP contribution is 2.27. The van der Waals surface area contributed by atoms with Crippen LogP contribution in [-0.2, 0) is 14.8 Å². The maximum atomic E-state index is 12.9. The highest BCUT2D eigenvalue weighted by Gasteiger charge is 2.31. The first-order valence-corrected chi connectivity index (χ1v) is 10.5. The lowest BCUT2D eigenvalue weighted by molar-refractivity contribution is -0.117. The van der Waals surface area contributed by atoms with Crippen molar-refractivity contribution >= 4 is 27.3 Å². The third-order valence-corrected chi connectivity index (χ3v) is 5.59. The van der Waals surface area contributed by atoms with Crippen LogP contribution >= 0.6 is 0 Å². The molecule has 0 aromatic heterocycles. The summed E-state index contributed by atoms with van der Waals surface area (Å²) in [4.78, 5) is 12.9. The molecular weight excluding hydrogens is 364 g/mol. The number of ether oxygens (including phenoxy) is 1. The quantitative estimate of drug-likeness (QED) is 0.785. The predicted molar refractivity (Wildman–Crippen MR) is 109 cm³/mol. The van der Waals surface area contributed by atoms with Gasteiger partial charge in [-0.05, 0) is 55.7 Å². The fourth-order valence-electron chi connectivity index (χ4n) is 2.85. The second-order valence-corrected chi connectivity index (χ2v) is 8.33. The van der Waals surface area contributed by atoms with Gasteiger partial charge in [-0.2, -0.15) is 0 Å². The van der Waals surface area contributed by atoms with Gasteiger partial charge in [0.2, 0.25) is 15.9 Å². The summed E-state index contributed by atoms with van der Waals surface area (Å²) in [6.07, 6.45) is 1.42. The molecule has 0 heterocycles. The molecule has 0 aliphatic rings. The van der Waals surface area contributed by atoms with Crippen molar-refractivity contribution in [3.05, 3.63) is 53.6 Å². The van der Waals surface area contributed by atoms with Gasteiger partial charge in [-0.25, -0.2) is 8.42 Å². The zero-order valence-corrected chi connectivity index (χ0v) is 17.1. The molecule has 0 aliphatic heterocycles. The van der Waals surface area contributed by atoms with Crippen molar-refractivity contribution in [1.82, 2.24) is 0 Å². The number of anilines is 2. The Hall–Kier alpha value is -2.54. The Morgan fingerprint density at radius 3 is 2.41 bits per heavy atom. The van der Waals surface area contributed by atoms with Gasteiger partial charge in [0, 0.05) is 11.8 Å². The first-order chi connectivity index (χ1) is 12.7. The van der Waals surface area contributed by atoms with Crippen molar-refractivity contribution in [2.24, 2.45) is 0 Å². The van der Waals surface area contributed by atoms with E-state index in [1.54, 1.807) is 31.2 Å². The lowest BCUT2D eigenvalue weighted by atomic mass is 10.1. The summed E-state index contributed by atoms with van der Waals surface area (Å²) in [7, 11) is -2.18. The van der Waals surface area contributed by atoms with Crippen molar-refractivity contribution in [2.45, 2.75) is 33.2 Å². The summed E-state index contributed by atoms with van der Waals surface area (Å²) >= 11 is 0. The predicted octanol–water partition coefficient (Wildman–Crippen LogP) is 3.50. The fourth-order valence-corrected chi connectivity index (χ4v) is 4.06. The molecule has 27 heavy (non-hydrogen) atoms. The highest BCUT2D eigenvalue weighted by atomic mass is 32.2. The van der Waals surface area contributed by atoms with E-state index in [9.17, 15) is 13.2 Å². The molecule has 2 aromatic carbocycles. The van der Waals surface area contributed by atoms with Crippen LogP contribution in [0.1, 0.15) is 24.5 Å². The SMILES string of the molecule is CC[C@@H](C(=O)Nc1ccc(C)c(C)c1)N(c1cccc(OC)c1)S(C)(=O)=O. The molecule has 0 saturated heterocycles. The van der Waals surface area contributed by atoms with Crippen molar-refractivity contribution in [3.8, 4) is 5.75 Å². The summed E-state index contributed by atoms with van der Waals surface area (Å²) in [6, 6.07) is 11.4. The van der Waals surface area contributed by atoms with Crippen LogP contribution in [0.2, 0.25) is 0 Å². The molecule has 0 saturated carbocycles. The standard InChI is InChI=1S/C20H26N2O4S/c1-6-19(20(23)21-16-11-10-14(2)15(3)12-16)22(27(5,24)25)17-8-7-9-18(13-17)26-4/h7-13,19H,6H2,1-5H3,(H,21,23)/t19-/m0/s1. The Labute approximate surface area is 161 Å². The van der Waals surface area contributed by atoms with E-state index in [-0.39, 0.29) is 5.91 Å². The summed E-state index contributed by atoms with van der Waals surface area (Å²) in [5.74, 6) is 0.138. The summed E-state index contributed by atoms with van der Waals surface area (Å²) in [5, 5.41) is 2.84. The van der Waals surface area contributed by atoms with Crippen LogP contribution in [0.3, 0.4) is 0 Å². The number of hydrogen-bond donors (Lipinski definition) is 1. The lowest BCUT2D eigenvalue weighted by Crippen LogP contribution is -2.47. The van der Waals surface area contributed by atoms with Crippen LogP contribution in [0.5, 0.6) is 5.75 Å². The Morgan fingerprint density at radius 2 is 1.85 bits per heavy atom. The number of carbonyl (C=O) groups excluding carboxylic acids is 1. The topological polar surface area (TPSA) is 75.7 Å². The number of benzene rings is 2. The molecule has 1 N–H and O–H groups in total. The second kappa shape index (κ2) is 8.43. The van der Waals surface area contributed by atoms with E-state index in [0.29, 0.717) is 23.5 Å². The lowest BCUT2D eigenvalue weighted by Gasteiger charge is -2.30. The van der Waals surface area contributed by atoms with E-state index >= 15 is 0 Å². The largest absolute Gasteiger partial charge is 0.497 e. The van der Waals surface area contributed by atoms with E-state index in [1.165, 1.54) is 7.11 Å². The Balaban J connectivity index is 2.39. The maximum absolute atomic E-state index is 12.9. The number of methoxy groups -OCH3 is 1. The van der Waals surface area contributed by atoms with Gasteiger partial charge in [-0.15, -0.1) is 0 Å². The highest BCUT2D eigenvalue weighted by molar-refractivity contribution is 7.92. The average molecular weight is 391 g/mol. The van der Waals surface area contributed by atoms with Gasteiger partial charge in [0.25, 0.3) is 0 Å².